The van der Waals surface area contributed by atoms with Crippen molar-refractivity contribution in [3.63, 3.8) is 0 Å². The van der Waals surface area contributed by atoms with E-state index >= 15 is 0 Å². The third kappa shape index (κ3) is 4.05. The predicted molar refractivity (Wildman–Crippen MR) is 121 cm³/mol. The number of nitrogens with zero attached hydrogens (tertiary/aromatic N) is 3. The van der Waals surface area contributed by atoms with E-state index in [1.165, 1.54) is 16.6 Å². The average Bonchev–Trinajstić information content (AvgIpc) is 3.28. The second-order valence-electron chi connectivity index (χ2n) is 7.89. The molecule has 0 bridgehead atoms. The number of halogens is 1. The van der Waals surface area contributed by atoms with Crippen LogP contribution in [-0.2, 0) is 19.5 Å². The van der Waals surface area contributed by atoms with Crippen molar-refractivity contribution in [1.29, 1.82) is 0 Å². The third-order valence-electron chi connectivity index (χ3n) is 5.81. The van der Waals surface area contributed by atoms with Gasteiger partial charge in [-0.3, -0.25) is 9.89 Å². The molecule has 2 aromatic carbocycles. The number of carbonyl (C=O) groups is 1. The molecule has 0 saturated heterocycles. The Morgan fingerprint density at radius 2 is 1.94 bits per heavy atom. The van der Waals surface area contributed by atoms with Gasteiger partial charge in [0.15, 0.2) is 5.65 Å². The Morgan fingerprint density at radius 1 is 1.18 bits per heavy atom. The van der Waals surface area contributed by atoms with Crippen LogP contribution in [0.3, 0.4) is 0 Å². The molecule has 8 nitrogen and oxygen atoms in total. The summed E-state index contributed by atoms with van der Waals surface area (Å²) in [6.07, 6.45) is 0.494. The fourth-order valence-electron chi connectivity index (χ4n) is 3.96. The lowest BCUT2D eigenvalue weighted by Crippen LogP contribution is -2.44. The molecule has 3 heterocycles. The summed E-state index contributed by atoms with van der Waals surface area (Å²) in [5.74, 6) is 0.426. The smallest absolute Gasteiger partial charge is 0.317 e. The minimum absolute atomic E-state index is 0.177. The van der Waals surface area contributed by atoms with Gasteiger partial charge in [-0.05, 0) is 47.5 Å². The first kappa shape index (κ1) is 20.7. The van der Waals surface area contributed by atoms with Gasteiger partial charge in [-0.25, -0.2) is 18.7 Å². The third-order valence-corrected chi connectivity index (χ3v) is 5.81. The van der Waals surface area contributed by atoms with Crippen LogP contribution in [0.1, 0.15) is 16.8 Å². The maximum absolute atomic E-state index is 13.2. The van der Waals surface area contributed by atoms with Crippen molar-refractivity contribution in [2.24, 2.45) is 0 Å². The highest BCUT2D eigenvalue weighted by Gasteiger charge is 2.25. The number of amides is 2. The van der Waals surface area contributed by atoms with E-state index in [4.69, 9.17) is 4.74 Å². The van der Waals surface area contributed by atoms with Gasteiger partial charge in [0.05, 0.1) is 30.6 Å². The van der Waals surface area contributed by atoms with Crippen LogP contribution in [-0.4, -0.2) is 39.2 Å². The highest BCUT2D eigenvalue weighted by Crippen LogP contribution is 2.23. The number of urea groups is 1. The summed E-state index contributed by atoms with van der Waals surface area (Å²) >= 11 is 0. The summed E-state index contributed by atoms with van der Waals surface area (Å²) in [4.78, 5) is 32.1. The van der Waals surface area contributed by atoms with Crippen molar-refractivity contribution in [2.75, 3.05) is 13.7 Å². The van der Waals surface area contributed by atoms with Crippen molar-refractivity contribution < 1.29 is 13.9 Å². The first-order chi connectivity index (χ1) is 16.0. The lowest BCUT2D eigenvalue weighted by atomic mass is 10.1. The molecule has 9 heteroatoms. The molecule has 1 aliphatic rings. The average molecular weight is 447 g/mol. The summed E-state index contributed by atoms with van der Waals surface area (Å²) in [5, 5.41) is 5.94. The van der Waals surface area contributed by atoms with Gasteiger partial charge in [-0.2, -0.15) is 0 Å². The lowest BCUT2D eigenvalue weighted by molar-refractivity contribution is 0.191. The Bertz CT molecular complexity index is 1380. The highest BCUT2D eigenvalue weighted by molar-refractivity contribution is 5.74. The van der Waals surface area contributed by atoms with E-state index in [2.05, 4.69) is 15.4 Å². The molecule has 0 atom stereocenters. The number of methoxy groups -OCH3 is 1. The first-order valence-corrected chi connectivity index (χ1v) is 10.6. The normalized spacial score (nSPS) is 13.1. The molecule has 0 aliphatic carbocycles. The van der Waals surface area contributed by atoms with Gasteiger partial charge in [-0.1, -0.05) is 12.1 Å². The SMILES string of the molecule is COc1ccc(-c2cc3nc4c(c(=O)n3[nH]2)CN(C(=O)NCc2ccc(F)cc2)CC4)cc1. The zero-order valence-corrected chi connectivity index (χ0v) is 18.0. The number of H-pyrrole nitrogens is 1. The summed E-state index contributed by atoms with van der Waals surface area (Å²) in [6, 6.07) is 15.0. The van der Waals surface area contributed by atoms with Gasteiger partial charge in [-0.15, -0.1) is 0 Å². The molecule has 2 N–H and O–H groups in total. The number of nitrogens with one attached hydrogen (secondary N) is 2. The van der Waals surface area contributed by atoms with E-state index < -0.39 is 0 Å². The molecule has 1 aliphatic heterocycles. The number of benzene rings is 2. The topological polar surface area (TPSA) is 91.7 Å². The zero-order valence-electron chi connectivity index (χ0n) is 18.0. The van der Waals surface area contributed by atoms with Crippen LogP contribution in [0, 0.1) is 5.82 Å². The van der Waals surface area contributed by atoms with Crippen LogP contribution >= 0.6 is 0 Å². The maximum atomic E-state index is 13.2. The van der Waals surface area contributed by atoms with Gasteiger partial charge in [0.2, 0.25) is 0 Å². The molecule has 33 heavy (non-hydrogen) atoms. The molecule has 0 radical (unpaired) electrons. The van der Waals surface area contributed by atoms with Crippen LogP contribution in [0.25, 0.3) is 16.9 Å². The second-order valence-corrected chi connectivity index (χ2v) is 7.89. The van der Waals surface area contributed by atoms with E-state index in [9.17, 15) is 14.0 Å². The van der Waals surface area contributed by atoms with E-state index in [0.717, 1.165) is 22.6 Å². The summed E-state index contributed by atoms with van der Waals surface area (Å²) in [5.41, 5.74) is 3.99. The number of carbonyl (C=O) groups excluding carboxylic acids is 1. The first-order valence-electron chi connectivity index (χ1n) is 10.6. The van der Waals surface area contributed by atoms with Crippen molar-refractivity contribution in [3.8, 4) is 17.0 Å². The molecule has 5 rings (SSSR count). The molecule has 2 aromatic heterocycles. The fraction of sp³-hybridized carbons (Fsp3) is 0.208. The molecular formula is C24H22FN5O3. The Kier molecular flexibility index (Phi) is 5.29. The Balaban J connectivity index is 1.36. The van der Waals surface area contributed by atoms with Crippen molar-refractivity contribution in [2.45, 2.75) is 19.5 Å². The highest BCUT2D eigenvalue weighted by atomic mass is 19.1. The van der Waals surface area contributed by atoms with Gasteiger partial charge >= 0.3 is 6.03 Å². The van der Waals surface area contributed by atoms with Crippen molar-refractivity contribution >= 4 is 11.7 Å². The largest absolute Gasteiger partial charge is 0.497 e. The Hall–Kier alpha value is -4.14. The van der Waals surface area contributed by atoms with Crippen molar-refractivity contribution in [1.82, 2.24) is 24.8 Å². The van der Waals surface area contributed by atoms with Crippen molar-refractivity contribution in [3.05, 3.63) is 87.6 Å². The standard InChI is InChI=1S/C24H22FN5O3/c1-33-18-8-4-16(5-9-18)21-12-22-27-20-10-11-29(14-19(20)23(31)30(22)28-21)24(32)26-13-15-2-6-17(25)7-3-15/h2-9,12,28H,10-11,13-14H2,1H3,(H,26,32). The lowest BCUT2D eigenvalue weighted by Gasteiger charge is -2.27. The monoisotopic (exact) mass is 447 g/mol. The van der Waals surface area contributed by atoms with Crippen LogP contribution in [0.15, 0.2) is 59.4 Å². The number of rotatable bonds is 4. The van der Waals surface area contributed by atoms with Crippen LogP contribution < -0.4 is 15.6 Å². The molecule has 0 unspecified atom stereocenters. The number of aromatic nitrogens is 3. The minimum Gasteiger partial charge on any atom is -0.497 e. The van der Waals surface area contributed by atoms with Crippen LogP contribution in [0.5, 0.6) is 5.75 Å². The van der Waals surface area contributed by atoms with E-state index in [1.54, 1.807) is 24.1 Å². The molecule has 2 amide bonds. The summed E-state index contributed by atoms with van der Waals surface area (Å²) in [6.45, 7) is 0.914. The number of aromatic amines is 1. The summed E-state index contributed by atoms with van der Waals surface area (Å²) < 4.78 is 19.7. The van der Waals surface area contributed by atoms with E-state index in [1.807, 2.05) is 30.3 Å². The molecule has 0 fully saturated rings. The van der Waals surface area contributed by atoms with E-state index in [-0.39, 0.29) is 30.5 Å². The number of fused-ring (bicyclic) bond motifs is 2. The maximum Gasteiger partial charge on any atom is 0.317 e. The Labute approximate surface area is 188 Å². The molecule has 4 aromatic rings. The predicted octanol–water partition coefficient (Wildman–Crippen LogP) is 3.11. The molecule has 0 spiro atoms. The summed E-state index contributed by atoms with van der Waals surface area (Å²) in [7, 11) is 1.61. The number of ether oxygens (including phenoxy) is 1. The number of hydrogen-bond acceptors (Lipinski definition) is 4. The quantitative estimate of drug-likeness (QED) is 0.503. The zero-order chi connectivity index (χ0) is 22.9. The van der Waals surface area contributed by atoms with Crippen LogP contribution in [0.2, 0.25) is 0 Å². The fourth-order valence-corrected chi connectivity index (χ4v) is 3.96. The van der Waals surface area contributed by atoms with Gasteiger partial charge in [0, 0.05) is 25.6 Å². The van der Waals surface area contributed by atoms with Gasteiger partial charge in [0.1, 0.15) is 11.6 Å². The van der Waals surface area contributed by atoms with Crippen LogP contribution in [0.4, 0.5) is 9.18 Å². The number of hydrogen-bond donors (Lipinski definition) is 2. The second kappa shape index (κ2) is 8.42. The minimum atomic E-state index is -0.323. The Morgan fingerprint density at radius 3 is 2.67 bits per heavy atom. The van der Waals surface area contributed by atoms with Gasteiger partial charge in [0.25, 0.3) is 5.56 Å². The van der Waals surface area contributed by atoms with E-state index in [0.29, 0.717) is 29.9 Å². The van der Waals surface area contributed by atoms with Gasteiger partial charge < -0.3 is 15.0 Å². The molecular weight excluding hydrogens is 425 g/mol. The molecule has 0 saturated carbocycles. The molecule has 168 valence electrons.